The smallest absolute Gasteiger partial charge is 0.0758 e. The van der Waals surface area contributed by atoms with Crippen LogP contribution in [0.5, 0.6) is 0 Å². The molecule has 0 aliphatic heterocycles. The minimum absolute atomic E-state index is 0.811. The van der Waals surface area contributed by atoms with Crippen LogP contribution >= 0.6 is 43.2 Å². The third-order valence-corrected chi connectivity index (χ3v) is 5.71. The number of hydrogen-bond donors (Lipinski definition) is 1. The lowest BCUT2D eigenvalue weighted by atomic mass is 10.1. The molecule has 0 aliphatic rings. The van der Waals surface area contributed by atoms with E-state index in [1.165, 1.54) is 14.9 Å². The van der Waals surface area contributed by atoms with Gasteiger partial charge in [0, 0.05) is 38.5 Å². The number of pyridine rings is 1. The third kappa shape index (κ3) is 2.96. The van der Waals surface area contributed by atoms with E-state index in [9.17, 15) is 0 Å². The fourth-order valence-electron chi connectivity index (χ4n) is 2.10. The normalized spacial score (nSPS) is 11.1. The quantitative estimate of drug-likeness (QED) is 0.645. The number of nitrogens with one attached hydrogen (secondary N) is 1. The Bertz CT molecular complexity index is 740. The van der Waals surface area contributed by atoms with Gasteiger partial charge in [-0.05, 0) is 45.1 Å². The zero-order chi connectivity index (χ0) is 13.9. The van der Waals surface area contributed by atoms with Crippen molar-refractivity contribution in [3.8, 4) is 0 Å². The second-order valence-corrected chi connectivity index (χ2v) is 7.11. The van der Waals surface area contributed by atoms with Crippen LogP contribution in [0, 0.1) is 0 Å². The van der Waals surface area contributed by atoms with Crippen molar-refractivity contribution in [2.75, 3.05) is 0 Å². The summed E-state index contributed by atoms with van der Waals surface area (Å²) in [6, 6.07) is 10.3. The Morgan fingerprint density at radius 2 is 1.95 bits per heavy atom. The molecule has 2 heterocycles. The summed E-state index contributed by atoms with van der Waals surface area (Å²) in [4.78, 5) is 5.82. The van der Waals surface area contributed by atoms with Gasteiger partial charge in [0.15, 0.2) is 0 Å². The van der Waals surface area contributed by atoms with Crippen molar-refractivity contribution in [1.82, 2.24) is 10.3 Å². The molecule has 0 amide bonds. The summed E-state index contributed by atoms with van der Waals surface area (Å²) >= 11 is 8.89. The zero-order valence-electron chi connectivity index (χ0n) is 10.6. The molecule has 1 N–H and O–H groups in total. The minimum atomic E-state index is 0.811. The Labute approximate surface area is 138 Å². The van der Waals surface area contributed by atoms with Crippen LogP contribution in [0.1, 0.15) is 10.4 Å². The fourth-order valence-corrected chi connectivity index (χ4v) is 4.02. The molecule has 0 fully saturated rings. The van der Waals surface area contributed by atoms with Gasteiger partial charge in [-0.3, -0.25) is 4.98 Å². The molecule has 0 unspecified atom stereocenters. The van der Waals surface area contributed by atoms with E-state index in [4.69, 9.17) is 0 Å². The van der Waals surface area contributed by atoms with Crippen LogP contribution in [-0.4, -0.2) is 4.98 Å². The molecule has 3 rings (SSSR count). The summed E-state index contributed by atoms with van der Waals surface area (Å²) in [6.45, 7) is 1.67. The van der Waals surface area contributed by atoms with Gasteiger partial charge in [0.2, 0.25) is 0 Å². The summed E-state index contributed by atoms with van der Waals surface area (Å²) in [5, 5.41) is 6.73. The van der Waals surface area contributed by atoms with Crippen molar-refractivity contribution in [2.24, 2.45) is 0 Å². The first-order valence-corrected chi connectivity index (χ1v) is 8.67. The molecule has 0 bridgehead atoms. The SMILES string of the molecule is Brc1ccsc1CNCc1ccc(Br)c2cccnc12. The Balaban J connectivity index is 1.78. The van der Waals surface area contributed by atoms with E-state index in [1.807, 2.05) is 12.3 Å². The lowest BCUT2D eigenvalue weighted by Crippen LogP contribution is -2.12. The summed E-state index contributed by atoms with van der Waals surface area (Å²) in [5.74, 6) is 0. The summed E-state index contributed by atoms with van der Waals surface area (Å²) < 4.78 is 2.26. The van der Waals surface area contributed by atoms with E-state index in [-0.39, 0.29) is 0 Å². The maximum atomic E-state index is 4.50. The summed E-state index contributed by atoms with van der Waals surface area (Å²) in [7, 11) is 0. The predicted molar refractivity (Wildman–Crippen MR) is 92.0 cm³/mol. The van der Waals surface area contributed by atoms with Crippen molar-refractivity contribution >= 4 is 54.1 Å². The number of aromatic nitrogens is 1. The molecular formula is C15H12Br2N2S. The molecule has 0 radical (unpaired) electrons. The highest BCUT2D eigenvalue weighted by Gasteiger charge is 2.06. The molecule has 0 aliphatic carbocycles. The highest BCUT2D eigenvalue weighted by Crippen LogP contribution is 2.26. The van der Waals surface area contributed by atoms with E-state index in [2.05, 4.69) is 71.8 Å². The topological polar surface area (TPSA) is 24.9 Å². The summed E-state index contributed by atoms with van der Waals surface area (Å²) in [5.41, 5.74) is 2.27. The van der Waals surface area contributed by atoms with Crippen LogP contribution < -0.4 is 5.32 Å². The average Bonchev–Trinajstić information content (AvgIpc) is 2.87. The molecule has 0 spiro atoms. The van der Waals surface area contributed by atoms with Crippen molar-refractivity contribution in [3.05, 3.63) is 61.3 Å². The third-order valence-electron chi connectivity index (χ3n) is 3.09. The van der Waals surface area contributed by atoms with Crippen LogP contribution in [0.3, 0.4) is 0 Å². The monoisotopic (exact) mass is 410 g/mol. The van der Waals surface area contributed by atoms with E-state index in [0.29, 0.717) is 0 Å². The number of nitrogens with zero attached hydrogens (tertiary/aromatic N) is 1. The molecule has 5 heteroatoms. The molecule has 20 heavy (non-hydrogen) atoms. The first-order valence-electron chi connectivity index (χ1n) is 6.20. The first kappa shape index (κ1) is 14.2. The van der Waals surface area contributed by atoms with Gasteiger partial charge in [0.05, 0.1) is 5.52 Å². The van der Waals surface area contributed by atoms with Crippen molar-refractivity contribution in [1.29, 1.82) is 0 Å². The van der Waals surface area contributed by atoms with E-state index < -0.39 is 0 Å². The highest BCUT2D eigenvalue weighted by molar-refractivity contribution is 9.11. The second-order valence-electron chi connectivity index (χ2n) is 4.40. The van der Waals surface area contributed by atoms with E-state index >= 15 is 0 Å². The number of rotatable bonds is 4. The zero-order valence-corrected chi connectivity index (χ0v) is 14.6. The van der Waals surface area contributed by atoms with Gasteiger partial charge in [-0.25, -0.2) is 0 Å². The molecule has 0 saturated carbocycles. The van der Waals surface area contributed by atoms with Crippen LogP contribution in [-0.2, 0) is 13.1 Å². The first-order chi connectivity index (χ1) is 9.75. The molecule has 2 aromatic heterocycles. The van der Waals surface area contributed by atoms with Gasteiger partial charge >= 0.3 is 0 Å². The van der Waals surface area contributed by atoms with Gasteiger partial charge in [0.1, 0.15) is 0 Å². The van der Waals surface area contributed by atoms with Gasteiger partial charge < -0.3 is 5.32 Å². The molecular weight excluding hydrogens is 400 g/mol. The maximum Gasteiger partial charge on any atom is 0.0758 e. The van der Waals surface area contributed by atoms with Gasteiger partial charge in [-0.15, -0.1) is 11.3 Å². The van der Waals surface area contributed by atoms with Crippen LogP contribution in [0.25, 0.3) is 10.9 Å². The van der Waals surface area contributed by atoms with E-state index in [0.717, 1.165) is 28.5 Å². The predicted octanol–water partition coefficient (Wildman–Crippen LogP) is 5.11. The van der Waals surface area contributed by atoms with Crippen LogP contribution in [0.4, 0.5) is 0 Å². The molecule has 1 aromatic carbocycles. The largest absolute Gasteiger partial charge is 0.308 e. The number of benzene rings is 1. The van der Waals surface area contributed by atoms with Gasteiger partial charge in [-0.2, -0.15) is 0 Å². The number of hydrogen-bond acceptors (Lipinski definition) is 3. The Kier molecular flexibility index (Phi) is 4.51. The van der Waals surface area contributed by atoms with Crippen molar-refractivity contribution in [3.63, 3.8) is 0 Å². The minimum Gasteiger partial charge on any atom is -0.308 e. The number of thiophene rings is 1. The van der Waals surface area contributed by atoms with Crippen LogP contribution in [0.2, 0.25) is 0 Å². The fraction of sp³-hybridized carbons (Fsp3) is 0.133. The van der Waals surface area contributed by atoms with E-state index in [1.54, 1.807) is 11.3 Å². The number of fused-ring (bicyclic) bond motifs is 1. The molecule has 102 valence electrons. The lowest BCUT2D eigenvalue weighted by molar-refractivity contribution is 0.702. The second kappa shape index (κ2) is 6.35. The molecule has 2 nitrogen and oxygen atoms in total. The summed E-state index contributed by atoms with van der Waals surface area (Å²) in [6.07, 6.45) is 1.84. The molecule has 0 atom stereocenters. The Morgan fingerprint density at radius 1 is 1.05 bits per heavy atom. The molecule has 3 aromatic rings. The Hall–Kier alpha value is -0.750. The number of halogens is 2. The van der Waals surface area contributed by atoms with Crippen molar-refractivity contribution < 1.29 is 0 Å². The molecule has 0 saturated heterocycles. The van der Waals surface area contributed by atoms with Gasteiger partial charge in [-0.1, -0.05) is 28.1 Å². The standard InChI is InChI=1S/C15H12Br2N2S/c16-12-4-3-10(15-11(12)2-1-6-19-15)8-18-9-14-13(17)5-7-20-14/h1-7,18H,8-9H2. The van der Waals surface area contributed by atoms with Crippen molar-refractivity contribution in [2.45, 2.75) is 13.1 Å². The average molecular weight is 412 g/mol. The Morgan fingerprint density at radius 3 is 2.75 bits per heavy atom. The van der Waals surface area contributed by atoms with Crippen LogP contribution in [0.15, 0.2) is 50.9 Å². The highest BCUT2D eigenvalue weighted by atomic mass is 79.9. The maximum absolute atomic E-state index is 4.50. The lowest BCUT2D eigenvalue weighted by Gasteiger charge is -2.08. The van der Waals surface area contributed by atoms with Gasteiger partial charge in [0.25, 0.3) is 0 Å².